The van der Waals surface area contributed by atoms with Crippen LogP contribution < -0.4 is 5.32 Å². The lowest BCUT2D eigenvalue weighted by atomic mass is 10.3. The van der Waals surface area contributed by atoms with Crippen LogP contribution in [0.5, 0.6) is 0 Å². The van der Waals surface area contributed by atoms with E-state index in [1.807, 2.05) is 7.05 Å². The molecule has 0 aliphatic heterocycles. The van der Waals surface area contributed by atoms with Gasteiger partial charge in [-0.05, 0) is 13.8 Å². The van der Waals surface area contributed by atoms with Crippen LogP contribution in [0.2, 0.25) is 0 Å². The highest BCUT2D eigenvalue weighted by Crippen LogP contribution is 2.00. The van der Waals surface area contributed by atoms with Crippen molar-refractivity contribution in [2.24, 2.45) is 7.05 Å². The quantitative estimate of drug-likeness (QED) is 0.797. The Morgan fingerprint density at radius 3 is 2.67 bits per heavy atom. The summed E-state index contributed by atoms with van der Waals surface area (Å²) in [7, 11) is 1.83. The number of nitrogens with one attached hydrogen (secondary N) is 1. The van der Waals surface area contributed by atoms with Crippen LogP contribution >= 0.6 is 0 Å². The number of carboxylic acids is 1. The predicted octanol–water partition coefficient (Wildman–Crippen LogP) is 0.425. The van der Waals surface area contributed by atoms with Crippen LogP contribution in [0.1, 0.15) is 19.7 Å². The lowest BCUT2D eigenvalue weighted by molar-refractivity contribution is -0.138. The number of nitrogens with zero attached hydrogens (tertiary/aromatic N) is 3. The molecular weight excluding hydrogens is 236 g/mol. The van der Waals surface area contributed by atoms with Crippen molar-refractivity contribution in [2.75, 3.05) is 6.54 Å². The zero-order chi connectivity index (χ0) is 13.7. The van der Waals surface area contributed by atoms with Crippen molar-refractivity contribution in [3.8, 4) is 0 Å². The lowest BCUT2D eigenvalue weighted by Crippen LogP contribution is -2.46. The molecule has 0 aromatic carbocycles. The molecule has 7 heteroatoms. The third-order valence-electron chi connectivity index (χ3n) is 2.51. The monoisotopic (exact) mass is 254 g/mol. The molecule has 1 rings (SSSR count). The SMILES string of the molecule is CC(C)N(CC(=O)O)C(=O)NCc1nccn1C. The number of amides is 2. The second kappa shape index (κ2) is 6.04. The van der Waals surface area contributed by atoms with E-state index in [1.165, 1.54) is 4.90 Å². The molecule has 0 spiro atoms. The fraction of sp³-hybridized carbons (Fsp3) is 0.545. The third-order valence-corrected chi connectivity index (χ3v) is 2.51. The average Bonchev–Trinajstić information content (AvgIpc) is 2.68. The molecule has 0 atom stereocenters. The molecule has 0 fully saturated rings. The fourth-order valence-electron chi connectivity index (χ4n) is 1.46. The minimum absolute atomic E-state index is 0.178. The van der Waals surface area contributed by atoms with Crippen molar-refractivity contribution in [1.29, 1.82) is 0 Å². The van der Waals surface area contributed by atoms with Gasteiger partial charge in [-0.3, -0.25) is 4.79 Å². The Morgan fingerprint density at radius 1 is 1.56 bits per heavy atom. The molecule has 0 aliphatic carbocycles. The predicted molar refractivity (Wildman–Crippen MR) is 64.9 cm³/mol. The van der Waals surface area contributed by atoms with Crippen LogP contribution in [0.4, 0.5) is 4.79 Å². The fourth-order valence-corrected chi connectivity index (χ4v) is 1.46. The van der Waals surface area contributed by atoms with E-state index in [0.29, 0.717) is 5.82 Å². The van der Waals surface area contributed by atoms with E-state index < -0.39 is 12.0 Å². The lowest BCUT2D eigenvalue weighted by Gasteiger charge is -2.24. The van der Waals surface area contributed by atoms with E-state index >= 15 is 0 Å². The number of urea groups is 1. The molecule has 7 nitrogen and oxygen atoms in total. The minimum atomic E-state index is -1.03. The van der Waals surface area contributed by atoms with Gasteiger partial charge >= 0.3 is 12.0 Å². The number of carboxylic acid groups (broad SMARTS) is 1. The average molecular weight is 254 g/mol. The molecule has 0 bridgehead atoms. The molecule has 1 aromatic rings. The molecule has 0 saturated carbocycles. The van der Waals surface area contributed by atoms with Gasteiger partial charge in [0.1, 0.15) is 12.4 Å². The van der Waals surface area contributed by atoms with E-state index in [4.69, 9.17) is 5.11 Å². The molecule has 1 heterocycles. The smallest absolute Gasteiger partial charge is 0.323 e. The molecule has 1 aromatic heterocycles. The van der Waals surface area contributed by atoms with Crippen LogP contribution in [0.3, 0.4) is 0 Å². The molecular formula is C11H18N4O3. The van der Waals surface area contributed by atoms with Gasteiger partial charge in [0.15, 0.2) is 0 Å². The first kappa shape index (κ1) is 14.0. The van der Waals surface area contributed by atoms with Crippen molar-refractivity contribution in [1.82, 2.24) is 19.8 Å². The molecule has 2 amide bonds. The third kappa shape index (κ3) is 3.76. The Balaban J connectivity index is 2.57. The van der Waals surface area contributed by atoms with Crippen molar-refractivity contribution in [2.45, 2.75) is 26.4 Å². The zero-order valence-corrected chi connectivity index (χ0v) is 10.8. The Hall–Kier alpha value is -2.05. The summed E-state index contributed by atoms with van der Waals surface area (Å²) in [4.78, 5) is 27.8. The van der Waals surface area contributed by atoms with Gasteiger partial charge in [0.25, 0.3) is 0 Å². The Bertz CT molecular complexity index is 428. The zero-order valence-electron chi connectivity index (χ0n) is 10.8. The van der Waals surface area contributed by atoms with Crippen molar-refractivity contribution in [3.05, 3.63) is 18.2 Å². The van der Waals surface area contributed by atoms with Crippen LogP contribution in [0.15, 0.2) is 12.4 Å². The summed E-state index contributed by atoms with van der Waals surface area (Å²) in [5, 5.41) is 11.4. The maximum Gasteiger partial charge on any atom is 0.323 e. The molecule has 0 aliphatic rings. The van der Waals surface area contributed by atoms with Gasteiger partial charge in [-0.1, -0.05) is 0 Å². The summed E-state index contributed by atoms with van der Waals surface area (Å²) in [5.74, 6) is -0.321. The molecule has 0 saturated heterocycles. The van der Waals surface area contributed by atoms with E-state index in [1.54, 1.807) is 30.8 Å². The first-order valence-corrected chi connectivity index (χ1v) is 5.64. The first-order chi connectivity index (χ1) is 8.41. The highest BCUT2D eigenvalue weighted by atomic mass is 16.4. The standard InChI is InChI=1S/C11H18N4O3/c1-8(2)15(7-10(16)17)11(18)13-6-9-12-4-5-14(9)3/h4-5,8H,6-7H2,1-3H3,(H,13,18)(H,16,17). The van der Waals surface area contributed by atoms with E-state index in [-0.39, 0.29) is 19.1 Å². The number of hydrogen-bond acceptors (Lipinski definition) is 3. The Morgan fingerprint density at radius 2 is 2.22 bits per heavy atom. The second-order valence-electron chi connectivity index (χ2n) is 4.23. The summed E-state index contributed by atoms with van der Waals surface area (Å²) < 4.78 is 1.79. The van der Waals surface area contributed by atoms with Gasteiger partial charge in [-0.2, -0.15) is 0 Å². The van der Waals surface area contributed by atoms with Gasteiger partial charge < -0.3 is 19.9 Å². The highest BCUT2D eigenvalue weighted by molar-refractivity contribution is 5.80. The Kier molecular flexibility index (Phi) is 4.70. The van der Waals surface area contributed by atoms with Crippen LogP contribution in [-0.4, -0.2) is 44.1 Å². The van der Waals surface area contributed by atoms with Crippen molar-refractivity contribution in [3.63, 3.8) is 0 Å². The van der Waals surface area contributed by atoms with Crippen LogP contribution in [-0.2, 0) is 18.4 Å². The van der Waals surface area contributed by atoms with Gasteiger partial charge in [-0.25, -0.2) is 9.78 Å². The summed E-state index contributed by atoms with van der Waals surface area (Å²) in [6, 6.07) is -0.585. The summed E-state index contributed by atoms with van der Waals surface area (Å²) in [6.07, 6.45) is 3.41. The van der Waals surface area contributed by atoms with Crippen LogP contribution in [0, 0.1) is 0 Å². The van der Waals surface area contributed by atoms with Gasteiger partial charge in [0.05, 0.1) is 6.54 Å². The van der Waals surface area contributed by atoms with Crippen LogP contribution in [0.25, 0.3) is 0 Å². The number of carbonyl (C=O) groups excluding carboxylic acids is 1. The normalized spacial score (nSPS) is 10.4. The maximum absolute atomic E-state index is 11.8. The van der Waals surface area contributed by atoms with E-state index in [2.05, 4.69) is 10.3 Å². The minimum Gasteiger partial charge on any atom is -0.480 e. The summed E-state index contributed by atoms with van der Waals surface area (Å²) >= 11 is 0. The Labute approximate surface area is 105 Å². The van der Waals surface area contributed by atoms with Gasteiger partial charge in [0.2, 0.25) is 0 Å². The van der Waals surface area contributed by atoms with Gasteiger partial charge in [0, 0.05) is 25.5 Å². The van der Waals surface area contributed by atoms with Crippen molar-refractivity contribution >= 4 is 12.0 Å². The molecule has 2 N–H and O–H groups in total. The number of aliphatic carboxylic acids is 1. The number of hydrogen-bond donors (Lipinski definition) is 2. The topological polar surface area (TPSA) is 87.5 Å². The molecule has 0 unspecified atom stereocenters. The first-order valence-electron chi connectivity index (χ1n) is 5.64. The number of carbonyl (C=O) groups is 2. The number of aromatic nitrogens is 2. The number of rotatable bonds is 5. The highest BCUT2D eigenvalue weighted by Gasteiger charge is 2.19. The second-order valence-corrected chi connectivity index (χ2v) is 4.23. The molecule has 18 heavy (non-hydrogen) atoms. The van der Waals surface area contributed by atoms with Gasteiger partial charge in [-0.15, -0.1) is 0 Å². The maximum atomic E-state index is 11.8. The van der Waals surface area contributed by atoms with E-state index in [9.17, 15) is 9.59 Å². The summed E-state index contributed by atoms with van der Waals surface area (Å²) in [5.41, 5.74) is 0. The number of aryl methyl sites for hydroxylation is 1. The molecule has 100 valence electrons. The summed E-state index contributed by atoms with van der Waals surface area (Å²) in [6.45, 7) is 3.49. The molecule has 0 radical (unpaired) electrons. The van der Waals surface area contributed by atoms with Crippen molar-refractivity contribution < 1.29 is 14.7 Å². The van der Waals surface area contributed by atoms with E-state index in [0.717, 1.165) is 0 Å². The largest absolute Gasteiger partial charge is 0.480 e. The number of imidazole rings is 1.